The summed E-state index contributed by atoms with van der Waals surface area (Å²) in [5.41, 5.74) is 1.47. The molecule has 0 aliphatic carbocycles. The second kappa shape index (κ2) is 5.85. The first-order valence-electron chi connectivity index (χ1n) is 5.60. The lowest BCUT2D eigenvalue weighted by Crippen LogP contribution is -2.04. The fraction of sp³-hybridized carbons (Fsp3) is 0.500. The number of benzene rings is 1. The summed E-state index contributed by atoms with van der Waals surface area (Å²) < 4.78 is 0. The molecule has 0 aliphatic rings. The van der Waals surface area contributed by atoms with Crippen molar-refractivity contribution in [1.29, 1.82) is 0 Å². The summed E-state index contributed by atoms with van der Waals surface area (Å²) in [6.45, 7) is 6.74. The van der Waals surface area contributed by atoms with Crippen molar-refractivity contribution in [2.75, 3.05) is 0 Å². The van der Waals surface area contributed by atoms with Crippen LogP contribution < -0.4 is 0 Å². The Morgan fingerprint density at radius 2 is 1.79 bits per heavy atom. The van der Waals surface area contributed by atoms with Crippen LogP contribution in [0.15, 0.2) is 30.3 Å². The first kappa shape index (κ1) is 11.3. The van der Waals surface area contributed by atoms with Crippen LogP contribution >= 0.6 is 0 Å². The zero-order valence-electron chi connectivity index (χ0n) is 9.59. The predicted molar refractivity (Wildman–Crippen MR) is 63.3 cm³/mol. The summed E-state index contributed by atoms with van der Waals surface area (Å²) in [6.07, 6.45) is 3.91. The molecular weight excluding hydrogens is 168 g/mol. The van der Waals surface area contributed by atoms with Gasteiger partial charge in [0.15, 0.2) is 0 Å². The van der Waals surface area contributed by atoms with Gasteiger partial charge in [0.2, 0.25) is 0 Å². The highest BCUT2D eigenvalue weighted by atomic mass is 14.2. The Hall–Kier alpha value is -0.780. The highest BCUT2D eigenvalue weighted by Crippen LogP contribution is 2.30. The van der Waals surface area contributed by atoms with Crippen LogP contribution in [0.25, 0.3) is 0 Å². The summed E-state index contributed by atoms with van der Waals surface area (Å²) in [6, 6.07) is 10.8. The van der Waals surface area contributed by atoms with Crippen LogP contribution in [0.5, 0.6) is 0 Å². The molecule has 1 aromatic rings. The molecule has 1 unspecified atom stereocenters. The Morgan fingerprint density at radius 3 is 2.29 bits per heavy atom. The molecule has 77 valence electrons. The molecule has 0 fully saturated rings. The summed E-state index contributed by atoms with van der Waals surface area (Å²) in [7, 11) is 0. The van der Waals surface area contributed by atoms with E-state index in [0.29, 0.717) is 5.92 Å². The third-order valence-electron chi connectivity index (χ3n) is 2.75. The number of rotatable bonds is 5. The van der Waals surface area contributed by atoms with Crippen molar-refractivity contribution in [3.63, 3.8) is 0 Å². The zero-order valence-corrected chi connectivity index (χ0v) is 9.59. The maximum Gasteiger partial charge on any atom is -0.0105 e. The zero-order chi connectivity index (χ0) is 10.4. The smallest absolute Gasteiger partial charge is 0.0105 e. The maximum absolute atomic E-state index is 2.26. The highest BCUT2D eigenvalue weighted by Gasteiger charge is 2.14. The van der Waals surface area contributed by atoms with E-state index >= 15 is 0 Å². The van der Waals surface area contributed by atoms with Crippen molar-refractivity contribution in [1.82, 2.24) is 0 Å². The number of unbranched alkanes of at least 4 members (excludes halogenated alkanes) is 1. The van der Waals surface area contributed by atoms with Gasteiger partial charge in [-0.1, -0.05) is 63.9 Å². The van der Waals surface area contributed by atoms with E-state index in [1.54, 1.807) is 0 Å². The minimum Gasteiger partial charge on any atom is -0.0654 e. The van der Waals surface area contributed by atoms with Gasteiger partial charge in [-0.05, 0) is 23.8 Å². The van der Waals surface area contributed by atoms with Crippen molar-refractivity contribution < 1.29 is 0 Å². The molecule has 0 spiro atoms. The van der Waals surface area contributed by atoms with Gasteiger partial charge in [0, 0.05) is 0 Å². The second-order valence-corrected chi connectivity index (χ2v) is 4.18. The molecule has 1 rings (SSSR count). The van der Waals surface area contributed by atoms with Crippen molar-refractivity contribution in [2.45, 2.75) is 46.0 Å². The fourth-order valence-electron chi connectivity index (χ4n) is 1.88. The predicted octanol–water partition coefficient (Wildman–Crippen LogP) is 4.57. The maximum atomic E-state index is 2.26. The molecule has 0 heteroatoms. The van der Waals surface area contributed by atoms with Gasteiger partial charge in [-0.15, -0.1) is 0 Å². The van der Waals surface area contributed by atoms with Gasteiger partial charge in [-0.3, -0.25) is 0 Å². The van der Waals surface area contributed by atoms with Crippen LogP contribution in [0.2, 0.25) is 0 Å². The summed E-state index contributed by atoms with van der Waals surface area (Å²) in [5.74, 6) is 2.20. The summed E-state index contributed by atoms with van der Waals surface area (Å²) in [4.78, 5) is 0. The monoisotopic (exact) mass is 189 g/mol. The Kier molecular flexibility index (Phi) is 4.72. The van der Waals surface area contributed by atoms with Gasteiger partial charge in [0.25, 0.3) is 0 Å². The fourth-order valence-corrected chi connectivity index (χ4v) is 1.88. The van der Waals surface area contributed by atoms with Crippen molar-refractivity contribution in [3.05, 3.63) is 41.8 Å². The van der Waals surface area contributed by atoms with Crippen molar-refractivity contribution >= 4 is 0 Å². The molecule has 0 heterocycles. The van der Waals surface area contributed by atoms with E-state index in [2.05, 4.69) is 51.1 Å². The van der Waals surface area contributed by atoms with Crippen LogP contribution in [-0.2, 0) is 0 Å². The SMILES string of the molecule is CCCCC([C](C)C)c1ccccc1. The van der Waals surface area contributed by atoms with Gasteiger partial charge in [0.05, 0.1) is 0 Å². The Morgan fingerprint density at radius 1 is 1.14 bits per heavy atom. The van der Waals surface area contributed by atoms with Crippen LogP contribution in [0.1, 0.15) is 51.5 Å². The first-order chi connectivity index (χ1) is 6.75. The molecule has 1 atom stereocenters. The topological polar surface area (TPSA) is 0 Å². The van der Waals surface area contributed by atoms with E-state index in [0.717, 1.165) is 0 Å². The van der Waals surface area contributed by atoms with Crippen LogP contribution in [0, 0.1) is 5.92 Å². The van der Waals surface area contributed by atoms with Gasteiger partial charge in [-0.25, -0.2) is 0 Å². The standard InChI is InChI=1S/C14H21/c1-4-5-11-14(12(2)3)13-9-7-6-8-10-13/h6-10,14H,4-5,11H2,1-3H3. The largest absolute Gasteiger partial charge is 0.0654 e. The molecule has 0 aliphatic heterocycles. The summed E-state index contributed by atoms with van der Waals surface area (Å²) >= 11 is 0. The average molecular weight is 189 g/mol. The molecule has 0 amide bonds. The van der Waals surface area contributed by atoms with E-state index < -0.39 is 0 Å². The Balaban J connectivity index is 2.68. The minimum atomic E-state index is 0.663. The van der Waals surface area contributed by atoms with E-state index in [1.807, 2.05) is 0 Å². The van der Waals surface area contributed by atoms with Crippen molar-refractivity contribution in [2.24, 2.45) is 0 Å². The van der Waals surface area contributed by atoms with Crippen LogP contribution in [0.3, 0.4) is 0 Å². The second-order valence-electron chi connectivity index (χ2n) is 4.18. The lowest BCUT2D eigenvalue weighted by Gasteiger charge is -2.20. The van der Waals surface area contributed by atoms with Gasteiger partial charge in [-0.2, -0.15) is 0 Å². The first-order valence-corrected chi connectivity index (χ1v) is 5.60. The van der Waals surface area contributed by atoms with Gasteiger partial charge in [0.1, 0.15) is 0 Å². The van der Waals surface area contributed by atoms with E-state index in [9.17, 15) is 0 Å². The molecule has 1 radical (unpaired) electrons. The highest BCUT2D eigenvalue weighted by molar-refractivity contribution is 5.24. The van der Waals surface area contributed by atoms with Gasteiger partial charge < -0.3 is 0 Å². The van der Waals surface area contributed by atoms with Crippen LogP contribution in [-0.4, -0.2) is 0 Å². The van der Waals surface area contributed by atoms with E-state index in [4.69, 9.17) is 0 Å². The molecular formula is C14H21. The van der Waals surface area contributed by atoms with Crippen molar-refractivity contribution in [3.8, 4) is 0 Å². The number of hydrogen-bond donors (Lipinski definition) is 0. The average Bonchev–Trinajstić information content (AvgIpc) is 2.19. The molecule has 14 heavy (non-hydrogen) atoms. The molecule has 0 saturated heterocycles. The molecule has 0 nitrogen and oxygen atoms in total. The lowest BCUT2D eigenvalue weighted by atomic mass is 9.84. The molecule has 0 bridgehead atoms. The third kappa shape index (κ3) is 3.17. The molecule has 0 N–H and O–H groups in total. The molecule has 1 aromatic carbocycles. The quantitative estimate of drug-likeness (QED) is 0.636. The third-order valence-corrected chi connectivity index (χ3v) is 2.75. The van der Waals surface area contributed by atoms with Crippen LogP contribution in [0.4, 0.5) is 0 Å². The van der Waals surface area contributed by atoms with E-state index in [-0.39, 0.29) is 0 Å². The lowest BCUT2D eigenvalue weighted by molar-refractivity contribution is 0.596. The van der Waals surface area contributed by atoms with E-state index in [1.165, 1.54) is 30.7 Å². The Labute approximate surface area is 88.4 Å². The summed E-state index contributed by atoms with van der Waals surface area (Å²) in [5, 5.41) is 0. The normalized spacial score (nSPS) is 13.1. The minimum absolute atomic E-state index is 0.663. The van der Waals surface area contributed by atoms with Gasteiger partial charge >= 0.3 is 0 Å². The molecule has 0 aromatic heterocycles. The molecule has 0 saturated carbocycles. The number of hydrogen-bond acceptors (Lipinski definition) is 0. The Bertz CT molecular complexity index is 235.